The topological polar surface area (TPSA) is 12.0 Å². The van der Waals surface area contributed by atoms with Gasteiger partial charge in [-0.25, -0.2) is 8.78 Å². The molecule has 0 heterocycles. The highest BCUT2D eigenvalue weighted by Gasteiger charge is 2.01. The third kappa shape index (κ3) is 3.74. The van der Waals surface area contributed by atoms with Crippen molar-refractivity contribution in [3.8, 4) is 0 Å². The molecule has 18 heavy (non-hydrogen) atoms. The Balaban J connectivity index is 1.77. The molecule has 0 fully saturated rings. The van der Waals surface area contributed by atoms with Gasteiger partial charge in [-0.3, -0.25) is 0 Å². The van der Waals surface area contributed by atoms with Gasteiger partial charge in [0.15, 0.2) is 11.6 Å². The van der Waals surface area contributed by atoms with E-state index in [4.69, 9.17) is 0 Å². The number of hydrogen-bond acceptors (Lipinski definition) is 2. The molecule has 94 valence electrons. The summed E-state index contributed by atoms with van der Waals surface area (Å²) < 4.78 is 25.6. The molecule has 0 amide bonds. The van der Waals surface area contributed by atoms with Crippen molar-refractivity contribution < 1.29 is 8.78 Å². The lowest BCUT2D eigenvalue weighted by Gasteiger charge is -2.06. The summed E-state index contributed by atoms with van der Waals surface area (Å²) in [6.45, 7) is 0.699. The molecular weight excluding hydrogens is 252 g/mol. The lowest BCUT2D eigenvalue weighted by molar-refractivity contribution is 0.509. The highest BCUT2D eigenvalue weighted by Crippen LogP contribution is 2.17. The molecule has 0 spiro atoms. The van der Waals surface area contributed by atoms with Gasteiger partial charge in [0, 0.05) is 22.9 Å². The predicted molar refractivity (Wildman–Crippen MR) is 72.0 cm³/mol. The van der Waals surface area contributed by atoms with Gasteiger partial charge in [-0.2, -0.15) is 0 Å². The van der Waals surface area contributed by atoms with E-state index in [1.54, 1.807) is 11.8 Å². The highest BCUT2D eigenvalue weighted by atomic mass is 32.2. The third-order valence-electron chi connectivity index (χ3n) is 2.36. The van der Waals surface area contributed by atoms with Crippen LogP contribution in [0.15, 0.2) is 53.4 Å². The first-order valence-corrected chi connectivity index (χ1v) is 6.61. The maximum atomic E-state index is 12.9. The van der Waals surface area contributed by atoms with E-state index in [-0.39, 0.29) is 0 Å². The second-order valence-corrected chi connectivity index (χ2v) is 4.89. The average molecular weight is 265 g/mol. The fraction of sp³-hybridized carbons (Fsp3) is 0.143. The van der Waals surface area contributed by atoms with Crippen LogP contribution in [-0.2, 0) is 0 Å². The minimum atomic E-state index is -0.823. The Labute approximate surface area is 109 Å². The Morgan fingerprint density at radius 3 is 2.44 bits per heavy atom. The Kier molecular flexibility index (Phi) is 4.59. The van der Waals surface area contributed by atoms with Crippen LogP contribution in [0.1, 0.15) is 0 Å². The molecule has 0 aliphatic carbocycles. The van der Waals surface area contributed by atoms with E-state index in [0.717, 1.165) is 11.8 Å². The van der Waals surface area contributed by atoms with Crippen molar-refractivity contribution in [1.82, 2.24) is 0 Å². The standard InChI is InChI=1S/C14H13F2NS/c15-13-7-6-11(10-14(13)16)17-8-9-18-12-4-2-1-3-5-12/h1-7,10,17H,8-9H2. The van der Waals surface area contributed by atoms with Crippen molar-refractivity contribution in [3.63, 3.8) is 0 Å². The summed E-state index contributed by atoms with van der Waals surface area (Å²) in [6, 6.07) is 13.9. The second kappa shape index (κ2) is 6.40. The van der Waals surface area contributed by atoms with Gasteiger partial charge in [-0.15, -0.1) is 11.8 Å². The zero-order chi connectivity index (χ0) is 12.8. The molecule has 2 aromatic carbocycles. The largest absolute Gasteiger partial charge is 0.384 e. The number of halogens is 2. The molecule has 1 nitrogen and oxygen atoms in total. The first-order valence-electron chi connectivity index (χ1n) is 5.62. The first kappa shape index (κ1) is 12.9. The fourth-order valence-electron chi connectivity index (χ4n) is 1.49. The van der Waals surface area contributed by atoms with Crippen LogP contribution in [0, 0.1) is 11.6 Å². The van der Waals surface area contributed by atoms with E-state index in [0.29, 0.717) is 12.2 Å². The SMILES string of the molecule is Fc1ccc(NCCSc2ccccc2)cc1F. The van der Waals surface area contributed by atoms with Gasteiger partial charge in [-0.05, 0) is 30.3 Å². The summed E-state index contributed by atoms with van der Waals surface area (Å²) in [7, 11) is 0. The monoisotopic (exact) mass is 265 g/mol. The fourth-order valence-corrected chi connectivity index (χ4v) is 2.28. The van der Waals surface area contributed by atoms with Crippen LogP contribution in [0.4, 0.5) is 14.5 Å². The van der Waals surface area contributed by atoms with Crippen molar-refractivity contribution in [2.75, 3.05) is 17.6 Å². The van der Waals surface area contributed by atoms with Gasteiger partial charge in [0.1, 0.15) is 0 Å². The molecule has 4 heteroatoms. The van der Waals surface area contributed by atoms with Gasteiger partial charge in [-0.1, -0.05) is 18.2 Å². The summed E-state index contributed by atoms with van der Waals surface area (Å²) in [4.78, 5) is 1.20. The Bertz CT molecular complexity index is 502. The maximum absolute atomic E-state index is 12.9. The lowest BCUT2D eigenvalue weighted by atomic mass is 10.3. The number of anilines is 1. The van der Waals surface area contributed by atoms with Crippen LogP contribution in [0.5, 0.6) is 0 Å². The summed E-state index contributed by atoms with van der Waals surface area (Å²) in [5.74, 6) is -0.779. The van der Waals surface area contributed by atoms with Crippen molar-refractivity contribution in [2.45, 2.75) is 4.90 Å². The number of rotatable bonds is 5. The molecule has 0 bridgehead atoms. The number of hydrogen-bond donors (Lipinski definition) is 1. The summed E-state index contributed by atoms with van der Waals surface area (Å²) in [6.07, 6.45) is 0. The molecule has 0 saturated carbocycles. The van der Waals surface area contributed by atoms with Gasteiger partial charge >= 0.3 is 0 Å². The molecule has 0 aliphatic heterocycles. The quantitative estimate of drug-likeness (QED) is 0.643. The Morgan fingerprint density at radius 1 is 0.944 bits per heavy atom. The molecule has 0 saturated heterocycles. The number of benzene rings is 2. The summed E-state index contributed by atoms with van der Waals surface area (Å²) in [5, 5.41) is 3.06. The lowest BCUT2D eigenvalue weighted by Crippen LogP contribution is -2.04. The van der Waals surface area contributed by atoms with E-state index in [1.165, 1.54) is 17.0 Å². The zero-order valence-corrected chi connectivity index (χ0v) is 10.5. The molecule has 0 aliphatic rings. The van der Waals surface area contributed by atoms with Gasteiger partial charge in [0.2, 0.25) is 0 Å². The van der Waals surface area contributed by atoms with Crippen LogP contribution < -0.4 is 5.32 Å². The van der Waals surface area contributed by atoms with Crippen LogP contribution in [0.3, 0.4) is 0 Å². The zero-order valence-electron chi connectivity index (χ0n) is 9.70. The summed E-state index contributed by atoms with van der Waals surface area (Å²) in [5.41, 5.74) is 0.600. The normalized spacial score (nSPS) is 10.3. The van der Waals surface area contributed by atoms with E-state index in [2.05, 4.69) is 5.32 Å². The number of thioether (sulfide) groups is 1. The Morgan fingerprint density at radius 2 is 1.72 bits per heavy atom. The van der Waals surface area contributed by atoms with Crippen LogP contribution in [0.2, 0.25) is 0 Å². The van der Waals surface area contributed by atoms with E-state index < -0.39 is 11.6 Å². The van der Waals surface area contributed by atoms with Crippen molar-refractivity contribution in [3.05, 3.63) is 60.2 Å². The van der Waals surface area contributed by atoms with Crippen LogP contribution in [-0.4, -0.2) is 12.3 Å². The minimum Gasteiger partial charge on any atom is -0.384 e. The predicted octanol–water partition coefficient (Wildman–Crippen LogP) is 4.17. The van der Waals surface area contributed by atoms with E-state index in [1.807, 2.05) is 30.3 Å². The van der Waals surface area contributed by atoms with Gasteiger partial charge < -0.3 is 5.32 Å². The molecule has 0 aromatic heterocycles. The Hall–Kier alpha value is -1.55. The van der Waals surface area contributed by atoms with Crippen molar-refractivity contribution in [1.29, 1.82) is 0 Å². The molecule has 2 aromatic rings. The maximum Gasteiger partial charge on any atom is 0.160 e. The molecular formula is C14H13F2NS. The van der Waals surface area contributed by atoms with Crippen LogP contribution >= 0.6 is 11.8 Å². The molecule has 0 atom stereocenters. The highest BCUT2D eigenvalue weighted by molar-refractivity contribution is 7.99. The smallest absolute Gasteiger partial charge is 0.160 e. The van der Waals surface area contributed by atoms with Crippen molar-refractivity contribution >= 4 is 17.4 Å². The third-order valence-corrected chi connectivity index (χ3v) is 3.38. The summed E-state index contributed by atoms with van der Waals surface area (Å²) >= 11 is 1.72. The van der Waals surface area contributed by atoms with Crippen molar-refractivity contribution in [2.24, 2.45) is 0 Å². The number of nitrogens with one attached hydrogen (secondary N) is 1. The van der Waals surface area contributed by atoms with Gasteiger partial charge in [0.05, 0.1) is 0 Å². The second-order valence-electron chi connectivity index (χ2n) is 3.72. The molecule has 0 radical (unpaired) electrons. The molecule has 1 N–H and O–H groups in total. The van der Waals surface area contributed by atoms with E-state index in [9.17, 15) is 8.78 Å². The minimum absolute atomic E-state index is 0.600. The van der Waals surface area contributed by atoms with Gasteiger partial charge in [0.25, 0.3) is 0 Å². The first-order chi connectivity index (χ1) is 8.75. The molecule has 0 unspecified atom stereocenters. The van der Waals surface area contributed by atoms with Crippen LogP contribution in [0.25, 0.3) is 0 Å². The van der Waals surface area contributed by atoms with E-state index >= 15 is 0 Å². The average Bonchev–Trinajstić information content (AvgIpc) is 2.40. The molecule has 2 rings (SSSR count).